The van der Waals surface area contributed by atoms with Crippen LogP contribution in [0.25, 0.3) is 10.8 Å². The number of hydrogen-bond acceptors (Lipinski definition) is 6. The van der Waals surface area contributed by atoms with Crippen molar-refractivity contribution < 1.29 is 4.42 Å². The second-order valence-corrected chi connectivity index (χ2v) is 8.24. The number of aromatic nitrogens is 2. The monoisotopic (exact) mass is 367 g/mol. The van der Waals surface area contributed by atoms with Gasteiger partial charge in [-0.25, -0.2) is 0 Å². The molecule has 126 valence electrons. The van der Waals surface area contributed by atoms with Crippen molar-refractivity contribution in [1.29, 1.82) is 0 Å². The van der Waals surface area contributed by atoms with Crippen LogP contribution in [0.2, 0.25) is 0 Å². The van der Waals surface area contributed by atoms with E-state index in [9.17, 15) is 0 Å². The van der Waals surface area contributed by atoms with Crippen LogP contribution in [0.1, 0.15) is 23.5 Å². The number of nitrogens with zero attached hydrogens (tertiary/aromatic N) is 2. The topological polar surface area (TPSA) is 51.0 Å². The van der Waals surface area contributed by atoms with Crippen molar-refractivity contribution in [1.82, 2.24) is 10.2 Å². The Morgan fingerprint density at radius 3 is 2.80 bits per heavy atom. The van der Waals surface area contributed by atoms with Crippen LogP contribution in [-0.2, 0) is 6.54 Å². The predicted molar refractivity (Wildman–Crippen MR) is 104 cm³/mol. The molecule has 4 rings (SSSR count). The summed E-state index contributed by atoms with van der Waals surface area (Å²) < 4.78 is 6.27. The van der Waals surface area contributed by atoms with Crippen molar-refractivity contribution in [3.63, 3.8) is 0 Å². The molecule has 0 spiro atoms. The summed E-state index contributed by atoms with van der Waals surface area (Å²) >= 11 is 3.30. The molecule has 6 heteroatoms. The van der Waals surface area contributed by atoms with Crippen LogP contribution in [0.4, 0.5) is 5.13 Å². The van der Waals surface area contributed by atoms with Crippen LogP contribution in [0, 0.1) is 0 Å². The van der Waals surface area contributed by atoms with E-state index in [2.05, 4.69) is 64.9 Å². The zero-order valence-corrected chi connectivity index (χ0v) is 15.3. The Hall–Kier alpha value is -2.31. The quantitative estimate of drug-likeness (QED) is 0.440. The molecule has 1 atom stereocenters. The maximum absolute atomic E-state index is 5.31. The molecule has 1 N–H and O–H groups in total. The summed E-state index contributed by atoms with van der Waals surface area (Å²) in [4.78, 5) is 0. The Kier molecular flexibility index (Phi) is 4.72. The SMILES string of the molecule is CC(Sc1nnc(NCc2ccco2)s1)c1ccc2ccccc2c1. The smallest absolute Gasteiger partial charge is 0.206 e. The first-order valence-electron chi connectivity index (χ1n) is 8.03. The molecule has 25 heavy (non-hydrogen) atoms. The molecule has 0 bridgehead atoms. The highest BCUT2D eigenvalue weighted by atomic mass is 32.2. The van der Waals surface area contributed by atoms with E-state index in [0.29, 0.717) is 11.8 Å². The molecule has 0 aliphatic rings. The summed E-state index contributed by atoms with van der Waals surface area (Å²) in [7, 11) is 0. The molecule has 2 aromatic heterocycles. The van der Waals surface area contributed by atoms with Gasteiger partial charge in [0.2, 0.25) is 5.13 Å². The van der Waals surface area contributed by atoms with Crippen molar-refractivity contribution in [3.8, 4) is 0 Å². The molecule has 0 amide bonds. The molecule has 0 saturated carbocycles. The second-order valence-electron chi connectivity index (χ2n) is 5.67. The lowest BCUT2D eigenvalue weighted by atomic mass is 10.1. The maximum atomic E-state index is 5.31. The molecule has 0 saturated heterocycles. The number of nitrogens with one attached hydrogen (secondary N) is 1. The first kappa shape index (κ1) is 16.2. The predicted octanol–water partition coefficient (Wildman–Crippen LogP) is 5.75. The average molecular weight is 367 g/mol. The van der Waals surface area contributed by atoms with E-state index < -0.39 is 0 Å². The van der Waals surface area contributed by atoms with Crippen LogP contribution in [-0.4, -0.2) is 10.2 Å². The van der Waals surface area contributed by atoms with Crippen LogP contribution in [0.3, 0.4) is 0 Å². The summed E-state index contributed by atoms with van der Waals surface area (Å²) in [5.74, 6) is 0.883. The number of furan rings is 1. The first-order chi connectivity index (χ1) is 12.3. The lowest BCUT2D eigenvalue weighted by Gasteiger charge is -2.10. The van der Waals surface area contributed by atoms with Crippen LogP contribution >= 0.6 is 23.1 Å². The number of thioether (sulfide) groups is 1. The molecule has 0 aliphatic heterocycles. The number of fused-ring (bicyclic) bond motifs is 1. The van der Waals surface area contributed by atoms with Gasteiger partial charge in [-0.1, -0.05) is 65.6 Å². The zero-order chi connectivity index (χ0) is 17.1. The summed E-state index contributed by atoms with van der Waals surface area (Å²) in [6.07, 6.45) is 1.67. The van der Waals surface area contributed by atoms with Crippen LogP contribution < -0.4 is 5.32 Å². The van der Waals surface area contributed by atoms with Crippen molar-refractivity contribution in [2.45, 2.75) is 23.1 Å². The third-order valence-electron chi connectivity index (χ3n) is 3.92. The highest BCUT2D eigenvalue weighted by Gasteiger charge is 2.12. The Balaban J connectivity index is 1.42. The van der Waals surface area contributed by atoms with Gasteiger partial charge in [0.1, 0.15) is 5.76 Å². The Morgan fingerprint density at radius 1 is 1.08 bits per heavy atom. The van der Waals surface area contributed by atoms with Gasteiger partial charge >= 0.3 is 0 Å². The van der Waals surface area contributed by atoms with E-state index >= 15 is 0 Å². The highest BCUT2D eigenvalue weighted by Crippen LogP contribution is 2.38. The van der Waals surface area contributed by atoms with Crippen LogP contribution in [0.5, 0.6) is 0 Å². The van der Waals surface area contributed by atoms with Gasteiger partial charge in [-0.05, 0) is 35.4 Å². The third kappa shape index (κ3) is 3.86. The molecule has 4 aromatic rings. The third-order valence-corrected chi connectivity index (χ3v) is 6.04. The van der Waals surface area contributed by atoms with E-state index in [-0.39, 0.29) is 0 Å². The van der Waals surface area contributed by atoms with Crippen LogP contribution in [0.15, 0.2) is 69.6 Å². The Bertz CT molecular complexity index is 966. The van der Waals surface area contributed by atoms with Gasteiger partial charge < -0.3 is 9.73 Å². The number of hydrogen-bond donors (Lipinski definition) is 1. The van der Waals surface area contributed by atoms with E-state index in [1.54, 1.807) is 29.4 Å². The van der Waals surface area contributed by atoms with Crippen molar-refractivity contribution in [2.75, 3.05) is 5.32 Å². The lowest BCUT2D eigenvalue weighted by molar-refractivity contribution is 0.518. The molecular formula is C19H17N3OS2. The molecule has 4 nitrogen and oxygen atoms in total. The zero-order valence-electron chi connectivity index (χ0n) is 13.7. The lowest BCUT2D eigenvalue weighted by Crippen LogP contribution is -1.96. The molecule has 2 aromatic carbocycles. The first-order valence-corrected chi connectivity index (χ1v) is 9.73. The number of benzene rings is 2. The van der Waals surface area contributed by atoms with E-state index in [4.69, 9.17) is 4.42 Å². The number of anilines is 1. The summed E-state index contributed by atoms with van der Waals surface area (Å²) in [5, 5.41) is 15.4. The highest BCUT2D eigenvalue weighted by molar-refractivity contribution is 8.01. The Morgan fingerprint density at radius 2 is 1.96 bits per heavy atom. The van der Waals surface area contributed by atoms with Crippen molar-refractivity contribution >= 4 is 39.0 Å². The van der Waals surface area contributed by atoms with Gasteiger partial charge in [-0.2, -0.15) is 0 Å². The summed E-state index contributed by atoms with van der Waals surface area (Å²) in [5.41, 5.74) is 1.30. The molecule has 2 heterocycles. The van der Waals surface area contributed by atoms with Gasteiger partial charge in [0.25, 0.3) is 0 Å². The average Bonchev–Trinajstić information content (AvgIpc) is 3.31. The van der Waals surface area contributed by atoms with Gasteiger partial charge in [0, 0.05) is 5.25 Å². The standard InChI is InChI=1S/C19H17N3OS2/c1-13(15-9-8-14-5-2-3-6-16(14)11-15)24-19-22-21-18(25-19)20-12-17-7-4-10-23-17/h2-11,13H,12H2,1H3,(H,20,21). The minimum Gasteiger partial charge on any atom is -0.467 e. The molecule has 0 fully saturated rings. The normalized spacial score (nSPS) is 12.4. The fourth-order valence-corrected chi connectivity index (χ4v) is 4.59. The van der Waals surface area contributed by atoms with Gasteiger partial charge in [-0.15, -0.1) is 10.2 Å². The maximum Gasteiger partial charge on any atom is 0.206 e. The molecular weight excluding hydrogens is 350 g/mol. The van der Waals surface area contributed by atoms with E-state index in [1.165, 1.54) is 16.3 Å². The van der Waals surface area contributed by atoms with E-state index in [1.807, 2.05) is 12.1 Å². The minimum atomic E-state index is 0.315. The largest absolute Gasteiger partial charge is 0.467 e. The number of rotatable bonds is 6. The van der Waals surface area contributed by atoms with Gasteiger partial charge in [0.15, 0.2) is 4.34 Å². The summed E-state index contributed by atoms with van der Waals surface area (Å²) in [6, 6.07) is 18.9. The second kappa shape index (κ2) is 7.29. The van der Waals surface area contributed by atoms with E-state index in [0.717, 1.165) is 15.2 Å². The molecule has 1 unspecified atom stereocenters. The Labute approximate surface area is 154 Å². The van der Waals surface area contributed by atoms with Crippen molar-refractivity contribution in [3.05, 3.63) is 72.2 Å². The molecule has 0 aliphatic carbocycles. The fourth-order valence-electron chi connectivity index (χ4n) is 2.58. The summed E-state index contributed by atoms with van der Waals surface area (Å²) in [6.45, 7) is 2.82. The van der Waals surface area contributed by atoms with Crippen molar-refractivity contribution in [2.24, 2.45) is 0 Å². The minimum absolute atomic E-state index is 0.315. The van der Waals surface area contributed by atoms with Gasteiger partial charge in [-0.3, -0.25) is 0 Å². The fraction of sp³-hybridized carbons (Fsp3) is 0.158. The van der Waals surface area contributed by atoms with Gasteiger partial charge in [0.05, 0.1) is 12.8 Å². The molecule has 0 radical (unpaired) electrons.